The predicted octanol–water partition coefficient (Wildman–Crippen LogP) is 2.10. The molecule has 18 heavy (non-hydrogen) atoms. The average molecular weight is 250 g/mol. The van der Waals surface area contributed by atoms with Crippen molar-refractivity contribution in [2.45, 2.75) is 45.7 Å². The number of aromatic nitrogens is 2. The highest BCUT2D eigenvalue weighted by Gasteiger charge is 2.28. The summed E-state index contributed by atoms with van der Waals surface area (Å²) in [4.78, 5) is 4.25. The molecular weight excluding hydrogens is 224 g/mol. The predicted molar refractivity (Wildman–Crippen MR) is 74.3 cm³/mol. The van der Waals surface area contributed by atoms with Gasteiger partial charge < -0.3 is 15.6 Å². The Kier molecular flexibility index (Phi) is 4.40. The van der Waals surface area contributed by atoms with E-state index in [0.29, 0.717) is 12.6 Å². The Hall–Kier alpha value is -0.870. The van der Waals surface area contributed by atoms with Gasteiger partial charge in [0.2, 0.25) is 0 Å². The normalized spacial score (nSPS) is 19.2. The number of nitrogens with one attached hydrogen (secondary N) is 1. The molecule has 1 fully saturated rings. The smallest absolute Gasteiger partial charge is 0.0951 e. The molecule has 0 radical (unpaired) electrons. The highest BCUT2D eigenvalue weighted by molar-refractivity contribution is 5.07. The summed E-state index contributed by atoms with van der Waals surface area (Å²) in [5.74, 6) is 1.69. The maximum Gasteiger partial charge on any atom is 0.0951 e. The second-order valence-corrected chi connectivity index (χ2v) is 5.83. The van der Waals surface area contributed by atoms with Crippen LogP contribution in [0.5, 0.6) is 0 Å². The van der Waals surface area contributed by atoms with Crippen molar-refractivity contribution in [2.24, 2.45) is 17.6 Å². The van der Waals surface area contributed by atoms with E-state index in [0.717, 1.165) is 18.4 Å². The van der Waals surface area contributed by atoms with Crippen molar-refractivity contribution in [3.05, 3.63) is 18.2 Å². The van der Waals surface area contributed by atoms with Gasteiger partial charge in [-0.15, -0.1) is 0 Å². The molecular formula is C14H26N4. The van der Waals surface area contributed by atoms with Crippen molar-refractivity contribution in [1.29, 1.82) is 0 Å². The molecule has 0 bridgehead atoms. The molecule has 4 heteroatoms. The van der Waals surface area contributed by atoms with Gasteiger partial charge in [0.05, 0.1) is 18.1 Å². The molecule has 1 aromatic heterocycles. The van der Waals surface area contributed by atoms with Gasteiger partial charge in [0.25, 0.3) is 0 Å². The van der Waals surface area contributed by atoms with E-state index in [2.05, 4.69) is 35.6 Å². The van der Waals surface area contributed by atoms with Gasteiger partial charge in [-0.1, -0.05) is 6.92 Å². The van der Waals surface area contributed by atoms with E-state index in [1.807, 2.05) is 12.5 Å². The Balaban J connectivity index is 1.96. The first-order valence-corrected chi connectivity index (χ1v) is 7.08. The molecule has 0 spiro atoms. The maximum absolute atomic E-state index is 5.91. The van der Waals surface area contributed by atoms with Gasteiger partial charge in [-0.05, 0) is 45.1 Å². The standard InChI is InChI=1S/C14H26N4/c1-10(2)18-9-16-8-14(18)13(6-15)17-7-11(3)12-4-5-12/h8-13,17H,4-7,15H2,1-3H3. The molecule has 0 aromatic carbocycles. The van der Waals surface area contributed by atoms with Crippen molar-refractivity contribution < 1.29 is 0 Å². The molecule has 0 aliphatic heterocycles. The van der Waals surface area contributed by atoms with Crippen LogP contribution >= 0.6 is 0 Å². The number of rotatable bonds is 7. The third kappa shape index (κ3) is 3.12. The monoisotopic (exact) mass is 250 g/mol. The lowest BCUT2D eigenvalue weighted by Crippen LogP contribution is -2.33. The van der Waals surface area contributed by atoms with Crippen molar-refractivity contribution in [3.63, 3.8) is 0 Å². The summed E-state index contributed by atoms with van der Waals surface area (Å²) in [5, 5.41) is 3.60. The van der Waals surface area contributed by atoms with Crippen LogP contribution in [-0.4, -0.2) is 22.6 Å². The molecule has 2 unspecified atom stereocenters. The molecule has 1 heterocycles. The van der Waals surface area contributed by atoms with Gasteiger partial charge in [-0.25, -0.2) is 4.98 Å². The summed E-state index contributed by atoms with van der Waals surface area (Å²) in [6.45, 7) is 8.35. The Labute approximate surface area is 110 Å². The molecule has 1 aliphatic rings. The van der Waals surface area contributed by atoms with Gasteiger partial charge in [-0.2, -0.15) is 0 Å². The summed E-state index contributed by atoms with van der Waals surface area (Å²) in [5.41, 5.74) is 7.11. The number of nitrogens with zero attached hydrogens (tertiary/aromatic N) is 2. The Morgan fingerprint density at radius 1 is 1.44 bits per heavy atom. The number of nitrogens with two attached hydrogens (primary N) is 1. The van der Waals surface area contributed by atoms with Crippen LogP contribution in [0.25, 0.3) is 0 Å². The molecule has 2 rings (SSSR count). The van der Waals surface area contributed by atoms with Crippen LogP contribution in [-0.2, 0) is 0 Å². The topological polar surface area (TPSA) is 55.9 Å². The van der Waals surface area contributed by atoms with E-state index in [1.165, 1.54) is 18.5 Å². The Morgan fingerprint density at radius 3 is 2.72 bits per heavy atom. The van der Waals surface area contributed by atoms with Crippen molar-refractivity contribution in [1.82, 2.24) is 14.9 Å². The SMILES string of the molecule is CC(CNC(CN)c1cncn1C(C)C)C1CC1. The van der Waals surface area contributed by atoms with E-state index in [4.69, 9.17) is 5.73 Å². The number of imidazole rings is 1. The van der Waals surface area contributed by atoms with Crippen LogP contribution in [0.4, 0.5) is 0 Å². The van der Waals surface area contributed by atoms with Gasteiger partial charge in [0.15, 0.2) is 0 Å². The highest BCUT2D eigenvalue weighted by atomic mass is 15.1. The third-order valence-electron chi connectivity index (χ3n) is 3.96. The molecule has 2 atom stereocenters. The molecule has 0 amide bonds. The second-order valence-electron chi connectivity index (χ2n) is 5.83. The fraction of sp³-hybridized carbons (Fsp3) is 0.786. The van der Waals surface area contributed by atoms with Crippen LogP contribution < -0.4 is 11.1 Å². The van der Waals surface area contributed by atoms with Gasteiger partial charge in [0.1, 0.15) is 0 Å². The highest BCUT2D eigenvalue weighted by Crippen LogP contribution is 2.36. The summed E-state index contributed by atoms with van der Waals surface area (Å²) < 4.78 is 2.20. The fourth-order valence-electron chi connectivity index (χ4n) is 2.48. The maximum atomic E-state index is 5.91. The zero-order chi connectivity index (χ0) is 13.1. The molecule has 1 aliphatic carbocycles. The van der Waals surface area contributed by atoms with E-state index < -0.39 is 0 Å². The van der Waals surface area contributed by atoms with Crippen LogP contribution in [0.2, 0.25) is 0 Å². The van der Waals surface area contributed by atoms with E-state index >= 15 is 0 Å². The Morgan fingerprint density at radius 2 is 2.17 bits per heavy atom. The van der Waals surface area contributed by atoms with E-state index in [-0.39, 0.29) is 6.04 Å². The lowest BCUT2D eigenvalue weighted by atomic mass is 10.1. The first kappa shape index (κ1) is 13.6. The third-order valence-corrected chi connectivity index (χ3v) is 3.96. The molecule has 4 nitrogen and oxygen atoms in total. The lowest BCUT2D eigenvalue weighted by molar-refractivity contribution is 0.406. The van der Waals surface area contributed by atoms with E-state index in [9.17, 15) is 0 Å². The Bertz CT molecular complexity index is 368. The van der Waals surface area contributed by atoms with Crippen LogP contribution in [0.1, 0.15) is 51.4 Å². The van der Waals surface area contributed by atoms with Crippen LogP contribution in [0.15, 0.2) is 12.5 Å². The zero-order valence-electron chi connectivity index (χ0n) is 11.8. The molecule has 0 saturated heterocycles. The quantitative estimate of drug-likeness (QED) is 0.779. The van der Waals surface area contributed by atoms with Crippen molar-refractivity contribution in [2.75, 3.05) is 13.1 Å². The minimum Gasteiger partial charge on any atom is -0.331 e. The summed E-state index contributed by atoms with van der Waals surface area (Å²) >= 11 is 0. The first-order chi connectivity index (χ1) is 8.63. The summed E-state index contributed by atoms with van der Waals surface area (Å²) in [6.07, 6.45) is 6.64. The minimum atomic E-state index is 0.219. The zero-order valence-corrected chi connectivity index (χ0v) is 11.8. The van der Waals surface area contributed by atoms with Gasteiger partial charge in [0, 0.05) is 18.8 Å². The average Bonchev–Trinajstić information content (AvgIpc) is 3.08. The molecule has 1 saturated carbocycles. The van der Waals surface area contributed by atoms with Crippen molar-refractivity contribution >= 4 is 0 Å². The summed E-state index contributed by atoms with van der Waals surface area (Å²) in [7, 11) is 0. The molecule has 3 N–H and O–H groups in total. The van der Waals surface area contributed by atoms with E-state index in [1.54, 1.807) is 0 Å². The van der Waals surface area contributed by atoms with Gasteiger partial charge in [-0.3, -0.25) is 0 Å². The number of hydrogen-bond acceptors (Lipinski definition) is 3. The van der Waals surface area contributed by atoms with Crippen LogP contribution in [0, 0.1) is 11.8 Å². The first-order valence-electron chi connectivity index (χ1n) is 7.08. The van der Waals surface area contributed by atoms with Gasteiger partial charge >= 0.3 is 0 Å². The minimum absolute atomic E-state index is 0.219. The van der Waals surface area contributed by atoms with Crippen LogP contribution in [0.3, 0.4) is 0 Å². The fourth-order valence-corrected chi connectivity index (χ4v) is 2.48. The second kappa shape index (κ2) is 5.85. The summed E-state index contributed by atoms with van der Waals surface area (Å²) in [6, 6.07) is 0.648. The molecule has 102 valence electrons. The van der Waals surface area contributed by atoms with Crippen molar-refractivity contribution in [3.8, 4) is 0 Å². The molecule has 1 aromatic rings. The lowest BCUT2D eigenvalue weighted by Gasteiger charge is -2.22. The number of hydrogen-bond donors (Lipinski definition) is 2. The largest absolute Gasteiger partial charge is 0.331 e.